The lowest BCUT2D eigenvalue weighted by Crippen LogP contribution is -2.42. The highest BCUT2D eigenvalue weighted by molar-refractivity contribution is 5.76. The van der Waals surface area contributed by atoms with Crippen LogP contribution < -0.4 is 10.1 Å². The molecule has 1 atom stereocenters. The number of carbonyl (C=O) groups is 1. The maximum absolute atomic E-state index is 13.5. The van der Waals surface area contributed by atoms with Gasteiger partial charge in [-0.15, -0.1) is 0 Å². The van der Waals surface area contributed by atoms with E-state index >= 15 is 0 Å². The molecule has 122 valence electrons. The monoisotopic (exact) mass is 317 g/mol. The zero-order valence-corrected chi connectivity index (χ0v) is 13.5. The van der Waals surface area contributed by atoms with Gasteiger partial charge < -0.3 is 14.6 Å². The third-order valence-electron chi connectivity index (χ3n) is 4.01. The molecule has 0 saturated heterocycles. The number of hydrogen-bond donors (Lipinski definition) is 1. The van der Waals surface area contributed by atoms with Crippen molar-refractivity contribution in [2.75, 3.05) is 0 Å². The van der Waals surface area contributed by atoms with Gasteiger partial charge in [-0.1, -0.05) is 6.07 Å². The van der Waals surface area contributed by atoms with Gasteiger partial charge >= 0.3 is 0 Å². The number of rotatable bonds is 3. The van der Waals surface area contributed by atoms with Gasteiger partial charge in [-0.05, 0) is 26.8 Å². The molecule has 6 heteroatoms. The van der Waals surface area contributed by atoms with Crippen molar-refractivity contribution in [3.63, 3.8) is 0 Å². The summed E-state index contributed by atoms with van der Waals surface area (Å²) in [5, 5.41) is 3.03. The molecule has 1 aliphatic heterocycles. The van der Waals surface area contributed by atoms with Crippen LogP contribution in [0.25, 0.3) is 0 Å². The molecule has 0 bridgehead atoms. The minimum atomic E-state index is -0.469. The van der Waals surface area contributed by atoms with Gasteiger partial charge in [0, 0.05) is 30.4 Å². The molecule has 23 heavy (non-hydrogen) atoms. The molecule has 1 aliphatic rings. The Balaban J connectivity index is 1.79. The van der Waals surface area contributed by atoms with Crippen molar-refractivity contribution >= 4 is 5.91 Å². The highest BCUT2D eigenvalue weighted by atomic mass is 19.1. The maximum atomic E-state index is 13.5. The van der Waals surface area contributed by atoms with E-state index in [1.54, 1.807) is 23.0 Å². The van der Waals surface area contributed by atoms with Gasteiger partial charge in [-0.25, -0.2) is 9.37 Å². The van der Waals surface area contributed by atoms with Gasteiger partial charge in [-0.2, -0.15) is 0 Å². The normalized spacial score (nSPS) is 18.9. The topological polar surface area (TPSA) is 56.2 Å². The summed E-state index contributed by atoms with van der Waals surface area (Å²) in [5.41, 5.74) is 0.338. The smallest absolute Gasteiger partial charge is 0.240 e. The van der Waals surface area contributed by atoms with Crippen molar-refractivity contribution in [1.82, 2.24) is 14.9 Å². The van der Waals surface area contributed by atoms with Crippen molar-refractivity contribution < 1.29 is 13.9 Å². The van der Waals surface area contributed by atoms with Gasteiger partial charge in [-0.3, -0.25) is 4.79 Å². The summed E-state index contributed by atoms with van der Waals surface area (Å²) in [6.07, 6.45) is 4.06. The summed E-state index contributed by atoms with van der Waals surface area (Å²) in [5.74, 6) is 0.824. The SMILES string of the molecule is Cc1nccn1CC(=O)NC1CC(C)(C)Oc2cc(F)ccc21. The number of ether oxygens (including phenoxy) is 1. The Morgan fingerprint density at radius 3 is 3.00 bits per heavy atom. The van der Waals surface area contributed by atoms with Gasteiger partial charge in [0.1, 0.15) is 29.5 Å². The molecule has 3 rings (SSSR count). The van der Waals surface area contributed by atoms with Crippen molar-refractivity contribution in [1.29, 1.82) is 0 Å². The number of aromatic nitrogens is 2. The second-order valence-electron chi connectivity index (χ2n) is 6.47. The minimum absolute atomic E-state index is 0.107. The number of amides is 1. The Bertz CT molecular complexity index is 739. The quantitative estimate of drug-likeness (QED) is 0.947. The van der Waals surface area contributed by atoms with Gasteiger partial charge in [0.05, 0.1) is 6.04 Å². The van der Waals surface area contributed by atoms with E-state index in [4.69, 9.17) is 4.74 Å². The third-order valence-corrected chi connectivity index (χ3v) is 4.01. The van der Waals surface area contributed by atoms with Gasteiger partial charge in [0.2, 0.25) is 5.91 Å². The number of benzene rings is 1. The summed E-state index contributed by atoms with van der Waals surface area (Å²) >= 11 is 0. The molecule has 1 N–H and O–H groups in total. The molecule has 1 unspecified atom stereocenters. The van der Waals surface area contributed by atoms with Crippen LogP contribution in [0.5, 0.6) is 5.75 Å². The Hall–Kier alpha value is -2.37. The standard InChI is InChI=1S/C17H20FN3O2/c1-11-19-6-7-21(11)10-16(22)20-14-9-17(2,3)23-15-8-12(18)4-5-13(14)15/h4-8,14H,9-10H2,1-3H3,(H,20,22). The van der Waals surface area contributed by atoms with Gasteiger partial charge in [0.15, 0.2) is 0 Å². The first-order valence-corrected chi connectivity index (χ1v) is 7.60. The average Bonchev–Trinajstić information content (AvgIpc) is 2.82. The zero-order valence-electron chi connectivity index (χ0n) is 13.5. The fourth-order valence-corrected chi connectivity index (χ4v) is 2.92. The predicted octanol–water partition coefficient (Wildman–Crippen LogP) is 2.75. The average molecular weight is 317 g/mol. The summed E-state index contributed by atoms with van der Waals surface area (Å²) in [6.45, 7) is 5.92. The Morgan fingerprint density at radius 1 is 1.52 bits per heavy atom. The second kappa shape index (κ2) is 5.68. The van der Waals surface area contributed by atoms with Crippen LogP contribution in [0.15, 0.2) is 30.6 Å². The van der Waals surface area contributed by atoms with E-state index in [2.05, 4.69) is 10.3 Å². The number of aryl methyl sites for hydroxylation is 1. The molecule has 0 fully saturated rings. The summed E-state index contributed by atoms with van der Waals surface area (Å²) in [6, 6.07) is 4.23. The highest BCUT2D eigenvalue weighted by Crippen LogP contribution is 2.39. The number of nitrogens with one attached hydrogen (secondary N) is 1. The molecule has 1 aromatic heterocycles. The zero-order chi connectivity index (χ0) is 16.6. The molecule has 2 heterocycles. The molecule has 0 saturated carbocycles. The van der Waals surface area contributed by atoms with Crippen LogP contribution in [0.4, 0.5) is 4.39 Å². The fraction of sp³-hybridized carbons (Fsp3) is 0.412. The van der Waals surface area contributed by atoms with E-state index < -0.39 is 5.60 Å². The first-order valence-electron chi connectivity index (χ1n) is 7.60. The lowest BCUT2D eigenvalue weighted by atomic mass is 9.89. The van der Waals surface area contributed by atoms with E-state index in [9.17, 15) is 9.18 Å². The molecule has 5 nitrogen and oxygen atoms in total. The lowest BCUT2D eigenvalue weighted by Gasteiger charge is -2.38. The molecule has 1 amide bonds. The largest absolute Gasteiger partial charge is 0.487 e. The predicted molar refractivity (Wildman–Crippen MR) is 83.6 cm³/mol. The van der Waals surface area contributed by atoms with Crippen molar-refractivity contribution in [3.05, 3.63) is 47.8 Å². The molecule has 0 aliphatic carbocycles. The molecule has 1 aromatic carbocycles. The lowest BCUT2D eigenvalue weighted by molar-refractivity contribution is -0.123. The Morgan fingerprint density at radius 2 is 2.30 bits per heavy atom. The fourth-order valence-electron chi connectivity index (χ4n) is 2.92. The van der Waals surface area contributed by atoms with Crippen LogP contribution in [-0.2, 0) is 11.3 Å². The third kappa shape index (κ3) is 3.36. The molecule has 2 aromatic rings. The van der Waals surface area contributed by atoms with Crippen molar-refractivity contribution in [3.8, 4) is 5.75 Å². The molecular formula is C17H20FN3O2. The highest BCUT2D eigenvalue weighted by Gasteiger charge is 2.34. The van der Waals surface area contributed by atoms with Crippen LogP contribution in [0.3, 0.4) is 0 Å². The van der Waals surface area contributed by atoms with Gasteiger partial charge in [0.25, 0.3) is 0 Å². The van der Waals surface area contributed by atoms with E-state index in [0.717, 1.165) is 11.4 Å². The van der Waals surface area contributed by atoms with Crippen LogP contribution in [0.1, 0.15) is 37.7 Å². The first-order chi connectivity index (χ1) is 10.8. The van der Waals surface area contributed by atoms with Crippen LogP contribution in [0, 0.1) is 12.7 Å². The maximum Gasteiger partial charge on any atom is 0.240 e. The van der Waals surface area contributed by atoms with E-state index in [-0.39, 0.29) is 24.3 Å². The summed E-state index contributed by atoms with van der Waals surface area (Å²) in [4.78, 5) is 16.5. The summed E-state index contributed by atoms with van der Waals surface area (Å²) < 4.78 is 21.1. The van der Waals surface area contributed by atoms with E-state index in [1.165, 1.54) is 12.1 Å². The number of hydrogen-bond acceptors (Lipinski definition) is 3. The number of carbonyl (C=O) groups excluding carboxylic acids is 1. The second-order valence-corrected chi connectivity index (χ2v) is 6.47. The van der Waals surface area contributed by atoms with Crippen LogP contribution in [0.2, 0.25) is 0 Å². The number of fused-ring (bicyclic) bond motifs is 1. The Kier molecular flexibility index (Phi) is 3.83. The summed E-state index contributed by atoms with van der Waals surface area (Å²) in [7, 11) is 0. The minimum Gasteiger partial charge on any atom is -0.487 e. The van der Waals surface area contributed by atoms with Crippen LogP contribution in [-0.4, -0.2) is 21.1 Å². The first kappa shape index (κ1) is 15.5. The molecule has 0 radical (unpaired) electrons. The number of halogens is 1. The van der Waals surface area contributed by atoms with Crippen LogP contribution >= 0.6 is 0 Å². The Labute approximate surface area is 134 Å². The van der Waals surface area contributed by atoms with Crippen molar-refractivity contribution in [2.45, 2.75) is 45.4 Å². The number of nitrogens with zero attached hydrogens (tertiary/aromatic N) is 2. The molecular weight excluding hydrogens is 297 g/mol. The van der Waals surface area contributed by atoms with E-state index in [0.29, 0.717) is 12.2 Å². The number of imidazole rings is 1. The van der Waals surface area contributed by atoms with Crippen molar-refractivity contribution in [2.24, 2.45) is 0 Å². The van der Waals surface area contributed by atoms with E-state index in [1.807, 2.05) is 20.8 Å². The molecule has 0 spiro atoms.